The van der Waals surface area contributed by atoms with Crippen molar-refractivity contribution in [2.24, 2.45) is 17.8 Å². The summed E-state index contributed by atoms with van der Waals surface area (Å²) in [6.07, 6.45) is 5.25. The van der Waals surface area contributed by atoms with E-state index in [0.717, 1.165) is 30.8 Å². The zero-order valence-electron chi connectivity index (χ0n) is 15.9. The molecule has 0 aromatic carbocycles. The summed E-state index contributed by atoms with van der Waals surface area (Å²) >= 11 is 0. The molecule has 1 atom stereocenters. The minimum Gasteiger partial charge on any atom is -0.315 e. The van der Waals surface area contributed by atoms with Crippen molar-refractivity contribution in [2.75, 3.05) is 26.2 Å². The first kappa shape index (κ1) is 20.9. The fourth-order valence-electron chi connectivity index (χ4n) is 2.61. The monoisotopic (exact) mass is 298 g/mol. The number of hydrogen-bond acceptors (Lipinski definition) is 2. The molecule has 0 aliphatic rings. The Labute approximate surface area is 135 Å². The highest BCUT2D eigenvalue weighted by molar-refractivity contribution is 4.75. The predicted molar refractivity (Wildman–Crippen MR) is 96.9 cm³/mol. The van der Waals surface area contributed by atoms with E-state index in [1.807, 2.05) is 0 Å². The minimum atomic E-state index is 0.714. The molecule has 0 radical (unpaired) electrons. The third-order valence-electron chi connectivity index (χ3n) is 4.06. The van der Waals surface area contributed by atoms with Crippen molar-refractivity contribution in [3.63, 3.8) is 0 Å². The van der Waals surface area contributed by atoms with Gasteiger partial charge in [0.1, 0.15) is 0 Å². The fourth-order valence-corrected chi connectivity index (χ4v) is 2.61. The zero-order chi connectivity index (χ0) is 16.3. The van der Waals surface area contributed by atoms with Gasteiger partial charge in [0.05, 0.1) is 0 Å². The van der Waals surface area contributed by atoms with Crippen LogP contribution in [0.15, 0.2) is 0 Å². The van der Waals surface area contributed by atoms with Crippen LogP contribution < -0.4 is 5.32 Å². The second kappa shape index (κ2) is 12.5. The molecule has 0 heterocycles. The van der Waals surface area contributed by atoms with Crippen LogP contribution in [0.25, 0.3) is 0 Å². The van der Waals surface area contributed by atoms with Crippen LogP contribution in [-0.4, -0.2) is 37.1 Å². The third-order valence-corrected chi connectivity index (χ3v) is 4.06. The first-order chi connectivity index (χ1) is 9.86. The van der Waals surface area contributed by atoms with Gasteiger partial charge in [0.15, 0.2) is 0 Å². The molecule has 1 N–H and O–H groups in total. The van der Waals surface area contributed by atoms with E-state index >= 15 is 0 Å². The molecule has 0 aromatic rings. The molecule has 0 amide bonds. The van der Waals surface area contributed by atoms with Crippen molar-refractivity contribution in [3.8, 4) is 0 Å². The molecule has 2 heteroatoms. The standard InChI is InChI=1S/C19H42N2/c1-8-9-19(15-20-14-18(6)7)21(12-10-16(2)3)13-11-17(4)5/h16-20H,8-15H2,1-7H3. The highest BCUT2D eigenvalue weighted by Gasteiger charge is 2.18. The zero-order valence-corrected chi connectivity index (χ0v) is 15.9. The lowest BCUT2D eigenvalue weighted by molar-refractivity contribution is 0.163. The van der Waals surface area contributed by atoms with Crippen LogP contribution in [0, 0.1) is 17.8 Å². The van der Waals surface area contributed by atoms with Gasteiger partial charge < -0.3 is 5.32 Å². The van der Waals surface area contributed by atoms with Gasteiger partial charge in [-0.15, -0.1) is 0 Å². The van der Waals surface area contributed by atoms with E-state index in [9.17, 15) is 0 Å². The van der Waals surface area contributed by atoms with E-state index in [1.54, 1.807) is 0 Å². The molecule has 0 aliphatic heterocycles. The maximum absolute atomic E-state index is 3.68. The van der Waals surface area contributed by atoms with Crippen molar-refractivity contribution in [2.45, 2.75) is 80.2 Å². The van der Waals surface area contributed by atoms with Crippen molar-refractivity contribution in [3.05, 3.63) is 0 Å². The first-order valence-corrected chi connectivity index (χ1v) is 9.31. The Bertz CT molecular complexity index is 212. The maximum Gasteiger partial charge on any atom is 0.0220 e. The molecule has 0 spiro atoms. The van der Waals surface area contributed by atoms with Gasteiger partial charge in [0.2, 0.25) is 0 Å². The first-order valence-electron chi connectivity index (χ1n) is 9.31. The Hall–Kier alpha value is -0.0800. The third kappa shape index (κ3) is 12.2. The predicted octanol–water partition coefficient (Wildman–Crippen LogP) is 4.79. The lowest BCUT2D eigenvalue weighted by atomic mass is 10.0. The molecule has 0 saturated heterocycles. The topological polar surface area (TPSA) is 15.3 Å². The molecule has 21 heavy (non-hydrogen) atoms. The smallest absolute Gasteiger partial charge is 0.0220 e. The summed E-state index contributed by atoms with van der Waals surface area (Å²) in [6.45, 7) is 21.1. The van der Waals surface area contributed by atoms with Crippen LogP contribution in [0.5, 0.6) is 0 Å². The fraction of sp³-hybridized carbons (Fsp3) is 1.00. The second-order valence-corrected chi connectivity index (χ2v) is 7.90. The molecule has 0 bridgehead atoms. The van der Waals surface area contributed by atoms with E-state index < -0.39 is 0 Å². The van der Waals surface area contributed by atoms with E-state index in [0.29, 0.717) is 6.04 Å². The van der Waals surface area contributed by atoms with Crippen LogP contribution in [0.3, 0.4) is 0 Å². The number of nitrogens with zero attached hydrogens (tertiary/aromatic N) is 1. The average Bonchev–Trinajstić information content (AvgIpc) is 2.37. The van der Waals surface area contributed by atoms with Gasteiger partial charge >= 0.3 is 0 Å². The Balaban J connectivity index is 4.48. The van der Waals surface area contributed by atoms with Crippen molar-refractivity contribution < 1.29 is 0 Å². The molecular weight excluding hydrogens is 256 g/mol. The van der Waals surface area contributed by atoms with Gasteiger partial charge in [-0.1, -0.05) is 54.9 Å². The second-order valence-electron chi connectivity index (χ2n) is 7.90. The Morgan fingerprint density at radius 1 is 0.714 bits per heavy atom. The normalized spacial score (nSPS) is 13.9. The SMILES string of the molecule is CCCC(CNCC(C)C)N(CCC(C)C)CCC(C)C. The van der Waals surface area contributed by atoms with Gasteiger partial charge in [0.25, 0.3) is 0 Å². The van der Waals surface area contributed by atoms with Crippen molar-refractivity contribution in [1.82, 2.24) is 10.2 Å². The van der Waals surface area contributed by atoms with E-state index in [2.05, 4.69) is 58.7 Å². The Morgan fingerprint density at radius 3 is 1.62 bits per heavy atom. The molecule has 0 saturated carbocycles. The summed E-state index contributed by atoms with van der Waals surface area (Å²) in [7, 11) is 0. The summed E-state index contributed by atoms with van der Waals surface area (Å²) < 4.78 is 0. The molecule has 0 aromatic heterocycles. The lowest BCUT2D eigenvalue weighted by Crippen LogP contribution is -2.44. The van der Waals surface area contributed by atoms with Gasteiger partial charge in [-0.2, -0.15) is 0 Å². The van der Waals surface area contributed by atoms with Crippen LogP contribution in [0.4, 0.5) is 0 Å². The lowest BCUT2D eigenvalue weighted by Gasteiger charge is -2.33. The van der Waals surface area contributed by atoms with Crippen molar-refractivity contribution in [1.29, 1.82) is 0 Å². The maximum atomic E-state index is 3.68. The van der Waals surface area contributed by atoms with Crippen LogP contribution in [-0.2, 0) is 0 Å². The molecule has 0 aliphatic carbocycles. The number of nitrogens with one attached hydrogen (secondary N) is 1. The molecule has 0 rings (SSSR count). The molecule has 128 valence electrons. The average molecular weight is 299 g/mol. The largest absolute Gasteiger partial charge is 0.315 e. The van der Waals surface area contributed by atoms with Crippen LogP contribution >= 0.6 is 0 Å². The van der Waals surface area contributed by atoms with E-state index in [1.165, 1.54) is 38.8 Å². The summed E-state index contributed by atoms with van der Waals surface area (Å²) in [5.41, 5.74) is 0. The summed E-state index contributed by atoms with van der Waals surface area (Å²) in [6, 6.07) is 0.714. The number of hydrogen-bond donors (Lipinski definition) is 1. The van der Waals surface area contributed by atoms with Gasteiger partial charge in [-0.3, -0.25) is 4.90 Å². The molecule has 1 unspecified atom stereocenters. The molecule has 0 fully saturated rings. The van der Waals surface area contributed by atoms with Gasteiger partial charge in [-0.05, 0) is 56.7 Å². The van der Waals surface area contributed by atoms with E-state index in [4.69, 9.17) is 0 Å². The highest BCUT2D eigenvalue weighted by atomic mass is 15.2. The summed E-state index contributed by atoms with van der Waals surface area (Å²) in [5, 5.41) is 3.68. The Kier molecular flexibility index (Phi) is 12.4. The highest BCUT2D eigenvalue weighted by Crippen LogP contribution is 2.13. The summed E-state index contributed by atoms with van der Waals surface area (Å²) in [4.78, 5) is 2.76. The minimum absolute atomic E-state index is 0.714. The molecule has 2 nitrogen and oxygen atoms in total. The van der Waals surface area contributed by atoms with Gasteiger partial charge in [-0.25, -0.2) is 0 Å². The van der Waals surface area contributed by atoms with Crippen molar-refractivity contribution >= 4 is 0 Å². The van der Waals surface area contributed by atoms with Crippen LogP contribution in [0.1, 0.15) is 74.1 Å². The van der Waals surface area contributed by atoms with Gasteiger partial charge in [0, 0.05) is 12.6 Å². The van der Waals surface area contributed by atoms with E-state index in [-0.39, 0.29) is 0 Å². The quantitative estimate of drug-likeness (QED) is 0.525. The molecular formula is C19H42N2. The Morgan fingerprint density at radius 2 is 1.24 bits per heavy atom. The van der Waals surface area contributed by atoms with Crippen LogP contribution in [0.2, 0.25) is 0 Å². The number of rotatable bonds is 13. The summed E-state index contributed by atoms with van der Waals surface area (Å²) in [5.74, 6) is 2.35.